The van der Waals surface area contributed by atoms with E-state index in [1.165, 1.54) is 109 Å². The summed E-state index contributed by atoms with van der Waals surface area (Å²) < 4.78 is 12.4. The molecule has 0 fully saturated rings. The van der Waals surface area contributed by atoms with Crippen LogP contribution in [0.15, 0.2) is 381 Å². The summed E-state index contributed by atoms with van der Waals surface area (Å²) in [6.07, 6.45) is 0. The maximum atomic E-state index is 6.58. The van der Waals surface area contributed by atoms with Crippen LogP contribution in [0.1, 0.15) is 44.5 Å². The van der Waals surface area contributed by atoms with E-state index >= 15 is 0 Å². The average Bonchev–Trinajstić information content (AvgIpc) is 1.55. The maximum absolute atomic E-state index is 6.58. The number of benzene rings is 16. The van der Waals surface area contributed by atoms with Gasteiger partial charge < -0.3 is 4.42 Å². The highest BCUT2D eigenvalue weighted by atomic mass is 32.1. The highest BCUT2D eigenvalue weighted by Crippen LogP contribution is 2.60. The van der Waals surface area contributed by atoms with Crippen molar-refractivity contribution in [3.8, 4) is 56.7 Å². The van der Waals surface area contributed by atoms with Gasteiger partial charge in [0.25, 0.3) is 0 Å². The van der Waals surface area contributed by atoms with E-state index in [2.05, 4.69) is 373 Å². The molecule has 24 rings (SSSR count). The van der Waals surface area contributed by atoms with E-state index in [4.69, 9.17) is 24.4 Å². The van der Waals surface area contributed by atoms with Gasteiger partial charge in [0.15, 0.2) is 11.6 Å². The third kappa shape index (κ3) is 8.93. The molecule has 512 valence electrons. The van der Waals surface area contributed by atoms with Gasteiger partial charge in [-0.25, -0.2) is 15.0 Å². The number of nitrogens with zero attached hydrogens (tertiary/aromatic N) is 6. The number of fused-ring (bicyclic) bond motifs is 20. The lowest BCUT2D eigenvalue weighted by Gasteiger charge is -2.33. The molecule has 0 aliphatic heterocycles. The van der Waals surface area contributed by atoms with Gasteiger partial charge in [0.1, 0.15) is 10.4 Å². The molecule has 110 heavy (non-hydrogen) atoms. The van der Waals surface area contributed by atoms with Crippen molar-refractivity contribution in [3.05, 3.63) is 421 Å². The van der Waals surface area contributed by atoms with Crippen molar-refractivity contribution in [2.45, 2.75) is 10.8 Å². The molecule has 0 bridgehead atoms. The summed E-state index contributed by atoms with van der Waals surface area (Å²) in [5.41, 5.74) is 22.5. The van der Waals surface area contributed by atoms with Crippen LogP contribution in [0.3, 0.4) is 0 Å². The minimum Gasteiger partial charge on any atom is -0.437 e. The predicted octanol–water partition coefficient (Wildman–Crippen LogP) is 25.8. The van der Waals surface area contributed by atoms with Gasteiger partial charge in [-0.1, -0.05) is 322 Å². The van der Waals surface area contributed by atoms with Gasteiger partial charge in [-0.15, -0.1) is 11.3 Å². The molecule has 0 amide bonds. The number of aromatic nitrogens is 6. The topological polar surface area (TPSA) is 74.6 Å². The Morgan fingerprint density at radius 1 is 0.291 bits per heavy atom. The van der Waals surface area contributed by atoms with Crippen LogP contribution in [0.2, 0.25) is 0 Å². The van der Waals surface area contributed by atoms with Crippen LogP contribution in [-0.2, 0) is 10.8 Å². The normalized spacial score (nSPS) is 13.2. The molecular weight excluding hydrogens is 1360 g/mol. The van der Waals surface area contributed by atoms with Crippen molar-refractivity contribution >= 4 is 119 Å². The number of thiophene rings is 1. The number of rotatable bonds is 8. The molecule has 2 aliphatic carbocycles. The summed E-state index contributed by atoms with van der Waals surface area (Å²) in [7, 11) is 0. The zero-order chi connectivity index (χ0) is 72.2. The largest absolute Gasteiger partial charge is 0.437 e. The van der Waals surface area contributed by atoms with Crippen LogP contribution in [0.5, 0.6) is 0 Å². The second-order valence-corrected chi connectivity index (χ2v) is 30.0. The van der Waals surface area contributed by atoms with Crippen molar-refractivity contribution in [1.82, 2.24) is 29.1 Å². The maximum Gasteiger partial charge on any atom is 0.238 e. The summed E-state index contributed by atoms with van der Waals surface area (Å²) >= 11 is 1.74. The van der Waals surface area contributed by atoms with Gasteiger partial charge in [-0.3, -0.25) is 9.13 Å². The standard InChI is InChI=1S/C51H31N3O.C51H31N3S/c1-3-17-35(18-4-1)51(36-19-5-2-6-20-36)42-24-12-9-21-37(42)40-30-34(27-28-43(40)51)48-47-39-23-11-14-26-46(39)55-49(47)53-50(52-48)54-44-25-13-10-22-38(44)41-29-32-15-7-8-16-33(32)31-45(41)54;1-3-18-34(19-4-1)51(35-20-5-2-6-21-35)41-26-12-9-23-37(41)46-39(25-15-27-42(46)51)48-52-49(47-38-24-11-14-29-45(38)55-50(47)53-48)54-43-28-13-10-22-36(43)40-30-32-16-7-8-17-33(32)31-44(40)54/h2*1-31H. The van der Waals surface area contributed by atoms with Crippen molar-refractivity contribution in [2.75, 3.05) is 0 Å². The molecule has 2 aliphatic rings. The Morgan fingerprint density at radius 3 is 1.38 bits per heavy atom. The second kappa shape index (κ2) is 24.2. The molecule has 0 spiro atoms. The molecule has 16 aromatic carbocycles. The van der Waals surface area contributed by atoms with Crippen LogP contribution >= 0.6 is 11.3 Å². The van der Waals surface area contributed by atoms with Gasteiger partial charge in [0, 0.05) is 48.1 Å². The highest BCUT2D eigenvalue weighted by molar-refractivity contribution is 7.25. The molecule has 0 saturated heterocycles. The third-order valence-corrected chi connectivity index (χ3v) is 24.5. The zero-order valence-corrected chi connectivity index (χ0v) is 60.1. The van der Waals surface area contributed by atoms with E-state index in [0.29, 0.717) is 11.7 Å². The van der Waals surface area contributed by atoms with E-state index in [1.54, 1.807) is 11.3 Å². The summed E-state index contributed by atoms with van der Waals surface area (Å²) in [6.45, 7) is 0. The first-order valence-corrected chi connectivity index (χ1v) is 38.3. The van der Waals surface area contributed by atoms with E-state index in [0.717, 1.165) is 87.9 Å². The van der Waals surface area contributed by atoms with E-state index in [9.17, 15) is 0 Å². The zero-order valence-electron chi connectivity index (χ0n) is 59.3. The van der Waals surface area contributed by atoms with E-state index in [1.807, 2.05) is 12.1 Å². The SMILES string of the molecule is c1ccc(C2(c3ccccc3)c3ccccc3-c3c(-c4nc(-n5c6ccccc6c6cc7ccccc7cc65)c5c(n4)sc4ccccc45)cccc32)cc1.c1ccc(C2(c3ccccc3)c3ccccc3-c3cc(-c4nc(-n5c6ccccc6c6cc7ccccc7cc65)nc5oc6ccccc6c45)ccc32)cc1. The fraction of sp³-hybridized carbons (Fsp3) is 0.0196. The van der Waals surface area contributed by atoms with Gasteiger partial charge in [-0.05, 0) is 143 Å². The first-order valence-electron chi connectivity index (χ1n) is 37.5. The summed E-state index contributed by atoms with van der Waals surface area (Å²) in [5, 5.41) is 13.7. The molecule has 0 atom stereocenters. The average molecular weight is 1420 g/mol. The molecule has 0 N–H and O–H groups in total. The Balaban J connectivity index is 0.000000132. The lowest BCUT2D eigenvalue weighted by atomic mass is 9.67. The van der Waals surface area contributed by atoms with Crippen molar-refractivity contribution in [2.24, 2.45) is 0 Å². The van der Waals surface area contributed by atoms with Gasteiger partial charge in [-0.2, -0.15) is 4.98 Å². The fourth-order valence-electron chi connectivity index (χ4n) is 18.8. The first kappa shape index (κ1) is 62.1. The van der Waals surface area contributed by atoms with Crippen LogP contribution in [0.25, 0.3) is 164 Å². The van der Waals surface area contributed by atoms with Crippen LogP contribution < -0.4 is 0 Å². The first-order chi connectivity index (χ1) is 54.6. The molecule has 6 heterocycles. The van der Waals surface area contributed by atoms with Gasteiger partial charge in [0.05, 0.1) is 49.4 Å². The third-order valence-electron chi connectivity index (χ3n) is 23.4. The smallest absolute Gasteiger partial charge is 0.238 e. The fourth-order valence-corrected chi connectivity index (χ4v) is 19.9. The molecule has 0 unspecified atom stereocenters. The summed E-state index contributed by atoms with van der Waals surface area (Å²) in [6, 6.07) is 136. The molecule has 0 radical (unpaired) electrons. The quantitative estimate of drug-likeness (QED) is 0.152. The van der Waals surface area contributed by atoms with E-state index in [-0.39, 0.29) is 0 Å². The Morgan fingerprint density at radius 2 is 0.755 bits per heavy atom. The molecule has 0 saturated carbocycles. The Kier molecular flexibility index (Phi) is 13.6. The Hall–Kier alpha value is -14.2. The van der Waals surface area contributed by atoms with E-state index < -0.39 is 10.8 Å². The lowest BCUT2D eigenvalue weighted by molar-refractivity contribution is 0.651. The Labute approximate surface area is 636 Å². The number of hydrogen-bond donors (Lipinski definition) is 0. The van der Waals surface area contributed by atoms with Gasteiger partial charge >= 0.3 is 0 Å². The van der Waals surface area contributed by atoms with Crippen LogP contribution in [0, 0.1) is 0 Å². The van der Waals surface area contributed by atoms with Crippen LogP contribution in [0.4, 0.5) is 0 Å². The minimum absolute atomic E-state index is 0.479. The Bertz CT molecular complexity index is 7460. The van der Waals surface area contributed by atoms with Crippen molar-refractivity contribution < 1.29 is 4.42 Å². The molecular formula is C102H62N6OS. The number of para-hydroxylation sites is 3. The summed E-state index contributed by atoms with van der Waals surface area (Å²) in [5.74, 6) is 2.21. The summed E-state index contributed by atoms with van der Waals surface area (Å²) in [4.78, 5) is 23.0. The molecule has 22 aromatic rings. The predicted molar refractivity (Wildman–Crippen MR) is 453 cm³/mol. The van der Waals surface area contributed by atoms with Crippen molar-refractivity contribution in [1.29, 1.82) is 0 Å². The molecule has 7 nitrogen and oxygen atoms in total. The number of hydrogen-bond acceptors (Lipinski definition) is 6. The lowest BCUT2D eigenvalue weighted by Crippen LogP contribution is -2.28. The van der Waals surface area contributed by atoms with Crippen LogP contribution in [-0.4, -0.2) is 29.1 Å². The minimum atomic E-state index is -0.511. The molecule has 8 heteroatoms. The van der Waals surface area contributed by atoms with Crippen molar-refractivity contribution in [3.63, 3.8) is 0 Å². The highest BCUT2D eigenvalue weighted by Gasteiger charge is 2.48. The van der Waals surface area contributed by atoms with Gasteiger partial charge in [0.2, 0.25) is 11.7 Å². The molecule has 6 aromatic heterocycles. The number of furan rings is 1. The second-order valence-electron chi connectivity index (χ2n) is 29.0. The monoisotopic (exact) mass is 1420 g/mol.